The van der Waals surface area contributed by atoms with Gasteiger partial charge >= 0.3 is 0 Å². The van der Waals surface area contributed by atoms with Gasteiger partial charge in [0.05, 0.1) is 4.88 Å². The van der Waals surface area contributed by atoms with Crippen molar-refractivity contribution < 1.29 is 0 Å². The Morgan fingerprint density at radius 2 is 1.79 bits per heavy atom. The topological polar surface area (TPSA) is 37.8 Å². The minimum Gasteiger partial charge on any atom is -0.308 e. The highest BCUT2D eigenvalue weighted by Gasteiger charge is 2.14. The van der Waals surface area contributed by atoms with Crippen molar-refractivity contribution in [1.82, 2.24) is 15.3 Å². The Kier molecular flexibility index (Phi) is 4.02. The Morgan fingerprint density at radius 3 is 2.26 bits per heavy atom. The van der Waals surface area contributed by atoms with E-state index in [4.69, 9.17) is 0 Å². The van der Waals surface area contributed by atoms with Gasteiger partial charge in [-0.15, -0.1) is 11.3 Å². The monoisotopic (exact) mass is 275 g/mol. The summed E-state index contributed by atoms with van der Waals surface area (Å²) in [6, 6.07) is 4.09. The summed E-state index contributed by atoms with van der Waals surface area (Å²) in [6.07, 6.45) is 0. The average Bonchev–Trinajstić information content (AvgIpc) is 2.79. The lowest BCUT2D eigenvalue weighted by molar-refractivity contribution is 0.422. The molecule has 0 aromatic carbocycles. The lowest BCUT2D eigenvalue weighted by Crippen LogP contribution is -2.35. The highest BCUT2D eigenvalue weighted by atomic mass is 32.1. The molecule has 4 heteroatoms. The number of thiophene rings is 1. The number of nitrogens with one attached hydrogen (secondary N) is 1. The van der Waals surface area contributed by atoms with Gasteiger partial charge in [-0.25, -0.2) is 9.97 Å². The van der Waals surface area contributed by atoms with E-state index in [1.807, 2.05) is 6.07 Å². The summed E-state index contributed by atoms with van der Waals surface area (Å²) >= 11 is 1.68. The highest BCUT2D eigenvalue weighted by Crippen LogP contribution is 2.23. The maximum absolute atomic E-state index is 4.64. The Morgan fingerprint density at radius 1 is 1.16 bits per heavy atom. The first-order valence-electron chi connectivity index (χ1n) is 6.50. The number of aromatic nitrogens is 2. The minimum atomic E-state index is 0.102. The predicted molar refractivity (Wildman–Crippen MR) is 81.4 cm³/mol. The first-order chi connectivity index (χ1) is 8.87. The summed E-state index contributed by atoms with van der Waals surface area (Å²) < 4.78 is 0. The van der Waals surface area contributed by atoms with E-state index in [9.17, 15) is 0 Å². The van der Waals surface area contributed by atoms with Crippen LogP contribution in [-0.2, 0) is 6.54 Å². The van der Waals surface area contributed by atoms with Crippen LogP contribution in [0.15, 0.2) is 17.5 Å². The van der Waals surface area contributed by atoms with Gasteiger partial charge in [-0.3, -0.25) is 0 Å². The van der Waals surface area contributed by atoms with Crippen molar-refractivity contribution in [3.63, 3.8) is 0 Å². The Labute approximate surface area is 119 Å². The SMILES string of the molecule is Cc1nc(-c2cccs2)nc(C)c1CNC(C)(C)C. The fourth-order valence-corrected chi connectivity index (χ4v) is 2.52. The van der Waals surface area contributed by atoms with Gasteiger partial charge in [-0.2, -0.15) is 0 Å². The molecule has 0 atom stereocenters. The van der Waals surface area contributed by atoms with Gasteiger partial charge in [0, 0.05) is 29.0 Å². The van der Waals surface area contributed by atoms with Crippen LogP contribution in [0, 0.1) is 13.8 Å². The quantitative estimate of drug-likeness (QED) is 0.928. The van der Waals surface area contributed by atoms with Crippen LogP contribution < -0.4 is 5.32 Å². The van der Waals surface area contributed by atoms with Gasteiger partial charge in [-0.05, 0) is 46.1 Å². The molecule has 0 saturated carbocycles. The van der Waals surface area contributed by atoms with Gasteiger partial charge in [-0.1, -0.05) is 6.07 Å². The van der Waals surface area contributed by atoms with Crippen molar-refractivity contribution in [2.75, 3.05) is 0 Å². The van der Waals surface area contributed by atoms with Gasteiger partial charge in [0.25, 0.3) is 0 Å². The van der Waals surface area contributed by atoms with Gasteiger partial charge in [0.15, 0.2) is 5.82 Å². The Balaban J connectivity index is 2.28. The number of rotatable bonds is 3. The molecule has 0 radical (unpaired) electrons. The average molecular weight is 275 g/mol. The molecule has 2 heterocycles. The lowest BCUT2D eigenvalue weighted by Gasteiger charge is -2.21. The van der Waals surface area contributed by atoms with Crippen LogP contribution in [0.1, 0.15) is 37.7 Å². The van der Waals surface area contributed by atoms with Gasteiger partial charge in [0.1, 0.15) is 0 Å². The third-order valence-corrected chi connectivity index (χ3v) is 3.82. The van der Waals surface area contributed by atoms with Crippen molar-refractivity contribution in [3.8, 4) is 10.7 Å². The fourth-order valence-electron chi connectivity index (χ4n) is 1.86. The van der Waals surface area contributed by atoms with Crippen LogP contribution in [0.2, 0.25) is 0 Å². The van der Waals surface area contributed by atoms with E-state index in [1.165, 1.54) is 5.56 Å². The second kappa shape index (κ2) is 5.39. The Bertz CT molecular complexity index is 530. The Hall–Kier alpha value is -1.26. The molecular weight excluding hydrogens is 254 g/mol. The van der Waals surface area contributed by atoms with Crippen LogP contribution >= 0.6 is 11.3 Å². The normalized spacial score (nSPS) is 11.8. The van der Waals surface area contributed by atoms with Crippen molar-refractivity contribution >= 4 is 11.3 Å². The summed E-state index contributed by atoms with van der Waals surface area (Å²) in [5.41, 5.74) is 3.43. The van der Waals surface area contributed by atoms with Crippen molar-refractivity contribution in [2.24, 2.45) is 0 Å². The van der Waals surface area contributed by atoms with Crippen molar-refractivity contribution in [1.29, 1.82) is 0 Å². The standard InChI is InChI=1S/C15H21N3S/c1-10-12(9-16-15(3,4)5)11(2)18-14(17-10)13-7-6-8-19-13/h6-8,16H,9H2,1-5H3. The lowest BCUT2D eigenvalue weighted by atomic mass is 10.1. The summed E-state index contributed by atoms with van der Waals surface area (Å²) in [6.45, 7) is 11.4. The molecule has 3 nitrogen and oxygen atoms in total. The van der Waals surface area contributed by atoms with E-state index in [0.29, 0.717) is 0 Å². The zero-order chi connectivity index (χ0) is 14.0. The summed E-state index contributed by atoms with van der Waals surface area (Å²) in [5.74, 6) is 0.838. The first-order valence-corrected chi connectivity index (χ1v) is 7.38. The summed E-state index contributed by atoms with van der Waals surface area (Å²) in [4.78, 5) is 10.4. The molecule has 2 aromatic heterocycles. The molecule has 2 aromatic rings. The molecule has 0 aliphatic carbocycles. The van der Waals surface area contributed by atoms with E-state index in [-0.39, 0.29) is 5.54 Å². The predicted octanol–water partition coefficient (Wildman–Crippen LogP) is 3.71. The van der Waals surface area contributed by atoms with E-state index in [0.717, 1.165) is 28.6 Å². The molecule has 0 amide bonds. The smallest absolute Gasteiger partial charge is 0.169 e. The molecule has 102 valence electrons. The molecule has 1 N–H and O–H groups in total. The second-order valence-corrected chi connectivity index (χ2v) is 6.73. The van der Waals surface area contributed by atoms with Crippen LogP contribution in [0.25, 0.3) is 10.7 Å². The van der Waals surface area contributed by atoms with E-state index < -0.39 is 0 Å². The summed E-state index contributed by atoms with van der Waals surface area (Å²) in [7, 11) is 0. The van der Waals surface area contributed by atoms with Gasteiger partial charge in [0.2, 0.25) is 0 Å². The molecule has 0 fully saturated rings. The molecule has 0 unspecified atom stereocenters. The molecular formula is C15H21N3S. The summed E-state index contributed by atoms with van der Waals surface area (Å²) in [5, 5.41) is 5.55. The molecule has 0 spiro atoms. The number of aryl methyl sites for hydroxylation is 2. The highest BCUT2D eigenvalue weighted by molar-refractivity contribution is 7.13. The maximum atomic E-state index is 4.64. The van der Waals surface area contributed by atoms with Crippen LogP contribution in [0.3, 0.4) is 0 Å². The van der Waals surface area contributed by atoms with Crippen LogP contribution in [0.4, 0.5) is 0 Å². The molecule has 2 rings (SSSR count). The minimum absolute atomic E-state index is 0.102. The zero-order valence-electron chi connectivity index (χ0n) is 12.2. The van der Waals surface area contributed by atoms with E-state index in [2.05, 4.69) is 61.3 Å². The zero-order valence-corrected chi connectivity index (χ0v) is 13.1. The molecule has 0 aliphatic rings. The first kappa shape index (κ1) is 14.2. The fraction of sp³-hybridized carbons (Fsp3) is 0.467. The third kappa shape index (κ3) is 3.61. The van der Waals surface area contributed by atoms with Gasteiger partial charge < -0.3 is 5.32 Å². The second-order valence-electron chi connectivity index (χ2n) is 5.78. The maximum Gasteiger partial charge on any atom is 0.169 e. The van der Waals surface area contributed by atoms with Crippen molar-refractivity contribution in [2.45, 2.75) is 46.7 Å². The molecule has 0 aliphatic heterocycles. The third-order valence-electron chi connectivity index (χ3n) is 2.96. The van der Waals surface area contributed by atoms with E-state index >= 15 is 0 Å². The van der Waals surface area contributed by atoms with E-state index in [1.54, 1.807) is 11.3 Å². The molecule has 19 heavy (non-hydrogen) atoms. The molecule has 0 bridgehead atoms. The van der Waals surface area contributed by atoms with Crippen molar-refractivity contribution in [3.05, 3.63) is 34.5 Å². The van der Waals surface area contributed by atoms with Crippen LogP contribution in [-0.4, -0.2) is 15.5 Å². The molecule has 0 saturated heterocycles. The van der Waals surface area contributed by atoms with Crippen LogP contribution in [0.5, 0.6) is 0 Å². The largest absolute Gasteiger partial charge is 0.308 e. The number of hydrogen-bond acceptors (Lipinski definition) is 4. The number of nitrogens with zero attached hydrogens (tertiary/aromatic N) is 2. The number of hydrogen-bond donors (Lipinski definition) is 1.